The highest BCUT2D eigenvalue weighted by Gasteiger charge is 2.23. The number of benzene rings is 2. The third-order valence-corrected chi connectivity index (χ3v) is 9.77. The van der Waals surface area contributed by atoms with Gasteiger partial charge in [0.1, 0.15) is 0 Å². The summed E-state index contributed by atoms with van der Waals surface area (Å²) in [7, 11) is -4.65. The minimum Gasteiger partial charge on any atom is -0.371 e. The third-order valence-electron chi connectivity index (χ3n) is 6.56. The van der Waals surface area contributed by atoms with Gasteiger partial charge < -0.3 is 9.80 Å². The zero-order valence-electron chi connectivity index (χ0n) is 19.9. The predicted molar refractivity (Wildman–Crippen MR) is 137 cm³/mol. The quantitative estimate of drug-likeness (QED) is 0.616. The SMILES string of the molecule is CN(C)S(=O)(=O)c1ccc(S(=O)(=O)Nc2cc(N3CCCCC3)ccc2N2CCCCC2)cc1. The highest BCUT2D eigenvalue weighted by atomic mass is 32.2. The molecule has 0 amide bonds. The zero-order valence-corrected chi connectivity index (χ0v) is 21.5. The first-order valence-electron chi connectivity index (χ1n) is 11.9. The van der Waals surface area contributed by atoms with Crippen molar-refractivity contribution in [1.29, 1.82) is 0 Å². The summed E-state index contributed by atoms with van der Waals surface area (Å²) >= 11 is 0. The predicted octanol–water partition coefficient (Wildman–Crippen LogP) is 3.72. The first-order chi connectivity index (χ1) is 16.2. The van der Waals surface area contributed by atoms with Gasteiger partial charge in [-0.3, -0.25) is 4.72 Å². The van der Waals surface area contributed by atoms with Gasteiger partial charge >= 0.3 is 0 Å². The molecule has 2 aliphatic rings. The van der Waals surface area contributed by atoms with Gasteiger partial charge in [0.2, 0.25) is 10.0 Å². The Kier molecular flexibility index (Phi) is 7.39. The van der Waals surface area contributed by atoms with Crippen LogP contribution in [0.15, 0.2) is 52.3 Å². The lowest BCUT2D eigenvalue weighted by molar-refractivity contribution is 0.520. The van der Waals surface area contributed by atoms with Crippen molar-refractivity contribution in [3.8, 4) is 0 Å². The number of hydrogen-bond acceptors (Lipinski definition) is 6. The largest absolute Gasteiger partial charge is 0.371 e. The molecule has 2 aromatic rings. The second kappa shape index (κ2) is 10.1. The van der Waals surface area contributed by atoms with E-state index in [0.29, 0.717) is 5.69 Å². The molecule has 4 rings (SSSR count). The van der Waals surface area contributed by atoms with Crippen LogP contribution in [0.2, 0.25) is 0 Å². The van der Waals surface area contributed by atoms with Crippen LogP contribution in [-0.4, -0.2) is 61.4 Å². The smallest absolute Gasteiger partial charge is 0.261 e. The molecule has 0 aromatic heterocycles. The van der Waals surface area contributed by atoms with Gasteiger partial charge in [-0.25, -0.2) is 21.1 Å². The molecular formula is C24H34N4O4S2. The average Bonchev–Trinajstić information content (AvgIpc) is 2.85. The Hall–Kier alpha value is -2.30. The Bertz CT molecular complexity index is 1200. The monoisotopic (exact) mass is 506 g/mol. The lowest BCUT2D eigenvalue weighted by Gasteiger charge is -2.33. The van der Waals surface area contributed by atoms with Gasteiger partial charge in [-0.15, -0.1) is 0 Å². The molecule has 2 heterocycles. The lowest BCUT2D eigenvalue weighted by atomic mass is 10.1. The van der Waals surface area contributed by atoms with E-state index < -0.39 is 20.0 Å². The van der Waals surface area contributed by atoms with Crippen molar-refractivity contribution in [2.45, 2.75) is 48.3 Å². The van der Waals surface area contributed by atoms with Crippen LogP contribution < -0.4 is 14.5 Å². The Morgan fingerprint density at radius 1 is 0.706 bits per heavy atom. The van der Waals surface area contributed by atoms with Crippen molar-refractivity contribution < 1.29 is 16.8 Å². The van der Waals surface area contributed by atoms with Crippen LogP contribution in [0.5, 0.6) is 0 Å². The van der Waals surface area contributed by atoms with Gasteiger partial charge in [0.15, 0.2) is 0 Å². The van der Waals surface area contributed by atoms with E-state index in [-0.39, 0.29) is 9.79 Å². The summed E-state index contributed by atoms with van der Waals surface area (Å²) < 4.78 is 55.2. The maximum absolute atomic E-state index is 13.3. The number of nitrogens with one attached hydrogen (secondary N) is 1. The fourth-order valence-electron chi connectivity index (χ4n) is 4.57. The molecule has 0 bridgehead atoms. The standard InChI is InChI=1S/C24H34N4O4S2/c1-26(2)34(31,32)22-12-10-21(11-13-22)33(29,30)25-23-19-20(27-15-5-3-6-16-27)9-14-24(23)28-17-7-4-8-18-28/h9-14,19,25H,3-8,15-18H2,1-2H3. The molecule has 2 saturated heterocycles. The van der Waals surface area contributed by atoms with E-state index in [1.807, 2.05) is 12.1 Å². The molecule has 0 unspecified atom stereocenters. The van der Waals surface area contributed by atoms with E-state index >= 15 is 0 Å². The van der Waals surface area contributed by atoms with Crippen LogP contribution in [0, 0.1) is 0 Å². The first-order valence-corrected chi connectivity index (χ1v) is 14.8. The van der Waals surface area contributed by atoms with Gasteiger partial charge in [0, 0.05) is 46.0 Å². The van der Waals surface area contributed by atoms with Crippen molar-refractivity contribution in [3.63, 3.8) is 0 Å². The van der Waals surface area contributed by atoms with Gasteiger partial charge in [-0.2, -0.15) is 0 Å². The number of rotatable bonds is 7. The molecule has 2 fully saturated rings. The number of anilines is 3. The molecular weight excluding hydrogens is 472 g/mol. The molecule has 1 N–H and O–H groups in total. The Balaban J connectivity index is 1.66. The highest BCUT2D eigenvalue weighted by molar-refractivity contribution is 7.92. The van der Waals surface area contributed by atoms with Gasteiger partial charge in [0.05, 0.1) is 21.2 Å². The van der Waals surface area contributed by atoms with E-state index in [1.54, 1.807) is 0 Å². The third kappa shape index (κ3) is 5.34. The highest BCUT2D eigenvalue weighted by Crippen LogP contribution is 2.35. The number of piperidine rings is 2. The van der Waals surface area contributed by atoms with Crippen LogP contribution in [0.3, 0.4) is 0 Å². The normalized spacial score (nSPS) is 17.7. The molecule has 0 radical (unpaired) electrons. The summed E-state index contributed by atoms with van der Waals surface area (Å²) in [6.45, 7) is 3.73. The van der Waals surface area contributed by atoms with Crippen LogP contribution >= 0.6 is 0 Å². The van der Waals surface area contributed by atoms with E-state index in [2.05, 4.69) is 20.6 Å². The molecule has 186 valence electrons. The molecule has 0 atom stereocenters. The van der Waals surface area contributed by atoms with E-state index in [1.165, 1.54) is 51.2 Å². The van der Waals surface area contributed by atoms with Crippen molar-refractivity contribution in [2.24, 2.45) is 0 Å². The molecule has 8 nitrogen and oxygen atoms in total. The number of nitrogens with zero attached hydrogens (tertiary/aromatic N) is 3. The first kappa shape index (κ1) is 24.8. The van der Waals surface area contributed by atoms with Crippen LogP contribution in [0.1, 0.15) is 38.5 Å². The maximum Gasteiger partial charge on any atom is 0.261 e. The Labute approximate surface area is 203 Å². The average molecular weight is 507 g/mol. The molecule has 34 heavy (non-hydrogen) atoms. The van der Waals surface area contributed by atoms with Gasteiger partial charge in [0.25, 0.3) is 10.0 Å². The van der Waals surface area contributed by atoms with Crippen molar-refractivity contribution >= 4 is 37.1 Å². The van der Waals surface area contributed by atoms with E-state index in [9.17, 15) is 16.8 Å². The van der Waals surface area contributed by atoms with Crippen molar-refractivity contribution in [3.05, 3.63) is 42.5 Å². The van der Waals surface area contributed by atoms with Gasteiger partial charge in [-0.05, 0) is 81.0 Å². The fourth-order valence-corrected chi connectivity index (χ4v) is 6.54. The summed E-state index contributed by atoms with van der Waals surface area (Å²) in [6, 6.07) is 11.4. The van der Waals surface area contributed by atoms with Crippen molar-refractivity contribution in [2.75, 3.05) is 54.8 Å². The van der Waals surface area contributed by atoms with Crippen LogP contribution in [0.25, 0.3) is 0 Å². The molecule has 0 aliphatic carbocycles. The van der Waals surface area contributed by atoms with E-state index in [0.717, 1.165) is 67.5 Å². The summed E-state index contributed by atoms with van der Waals surface area (Å²) in [6.07, 6.45) is 6.85. The van der Waals surface area contributed by atoms with Crippen molar-refractivity contribution in [1.82, 2.24) is 4.31 Å². The Morgan fingerprint density at radius 2 is 1.24 bits per heavy atom. The van der Waals surface area contributed by atoms with E-state index in [4.69, 9.17) is 0 Å². The summed E-state index contributed by atoms with van der Waals surface area (Å²) in [4.78, 5) is 4.63. The minimum absolute atomic E-state index is 0.0261. The molecule has 2 aliphatic heterocycles. The second-order valence-electron chi connectivity index (χ2n) is 9.16. The van der Waals surface area contributed by atoms with Gasteiger partial charge in [-0.1, -0.05) is 0 Å². The minimum atomic E-state index is -3.91. The van der Waals surface area contributed by atoms with Crippen LogP contribution in [-0.2, 0) is 20.0 Å². The fraction of sp³-hybridized carbons (Fsp3) is 0.500. The molecule has 0 saturated carbocycles. The summed E-state index contributed by atoms with van der Waals surface area (Å²) in [5, 5.41) is 0. The van der Waals surface area contributed by atoms with Crippen LogP contribution in [0.4, 0.5) is 17.1 Å². The number of sulfonamides is 2. The lowest BCUT2D eigenvalue weighted by Crippen LogP contribution is -2.31. The molecule has 10 heteroatoms. The maximum atomic E-state index is 13.3. The zero-order chi connectivity index (χ0) is 24.3. The summed E-state index contributed by atoms with van der Waals surface area (Å²) in [5.41, 5.74) is 2.47. The number of hydrogen-bond donors (Lipinski definition) is 1. The molecule has 2 aromatic carbocycles. The topological polar surface area (TPSA) is 90.0 Å². The molecule has 0 spiro atoms. The Morgan fingerprint density at radius 3 is 1.79 bits per heavy atom. The second-order valence-corrected chi connectivity index (χ2v) is 13.0. The summed E-state index contributed by atoms with van der Waals surface area (Å²) in [5.74, 6) is 0.